The second-order valence-corrected chi connectivity index (χ2v) is 11.7. The normalized spacial score (nSPS) is 12.6. The van der Waals surface area contributed by atoms with Crippen LogP contribution in [0.15, 0.2) is 16.6 Å². The predicted molar refractivity (Wildman–Crippen MR) is 84.3 cm³/mol. The second kappa shape index (κ2) is 5.85. The van der Waals surface area contributed by atoms with Crippen LogP contribution in [-0.4, -0.2) is 20.5 Å². The van der Waals surface area contributed by atoms with E-state index in [-0.39, 0.29) is 10.8 Å². The molecule has 0 bridgehead atoms. The number of aromatic hydroxyl groups is 1. The molecule has 0 aliphatic heterocycles. The molecule has 0 heterocycles. The highest BCUT2D eigenvalue weighted by atomic mass is 79.9. The summed E-state index contributed by atoms with van der Waals surface area (Å²) in [5, 5.41) is 10.1. The predicted octanol–water partition coefficient (Wildman–Crippen LogP) is 4.69. The standard InChI is InChI=1S/C14H23BrO3Si/c1-14(2,3)19(5,6)18-9-10-7-8-11(17-4)13(16)12(10)15/h7-8,16H,9H2,1-6H3. The van der Waals surface area contributed by atoms with Gasteiger partial charge in [0.1, 0.15) is 0 Å². The van der Waals surface area contributed by atoms with E-state index in [4.69, 9.17) is 9.16 Å². The number of ether oxygens (including phenoxy) is 1. The van der Waals surface area contributed by atoms with Gasteiger partial charge in [-0.05, 0) is 45.7 Å². The van der Waals surface area contributed by atoms with Crippen LogP contribution in [0.5, 0.6) is 11.5 Å². The van der Waals surface area contributed by atoms with Gasteiger partial charge in [-0.1, -0.05) is 26.8 Å². The van der Waals surface area contributed by atoms with Crippen LogP contribution in [0.2, 0.25) is 18.1 Å². The van der Waals surface area contributed by atoms with Crippen LogP contribution in [0.4, 0.5) is 0 Å². The molecular formula is C14H23BrO3Si. The van der Waals surface area contributed by atoms with E-state index in [0.717, 1.165) is 5.56 Å². The van der Waals surface area contributed by atoms with Gasteiger partial charge >= 0.3 is 0 Å². The molecule has 1 N–H and O–H groups in total. The molecule has 0 atom stereocenters. The summed E-state index contributed by atoms with van der Waals surface area (Å²) < 4.78 is 11.9. The van der Waals surface area contributed by atoms with E-state index in [1.54, 1.807) is 6.07 Å². The Kier molecular flexibility index (Phi) is 5.09. The fraction of sp³-hybridized carbons (Fsp3) is 0.571. The number of rotatable bonds is 4. The van der Waals surface area contributed by atoms with Crippen LogP contribution in [0.25, 0.3) is 0 Å². The maximum atomic E-state index is 9.95. The molecule has 0 amide bonds. The Morgan fingerprint density at radius 3 is 2.32 bits per heavy atom. The molecule has 0 saturated heterocycles. The van der Waals surface area contributed by atoms with Crippen molar-refractivity contribution >= 4 is 24.2 Å². The van der Waals surface area contributed by atoms with Crippen molar-refractivity contribution in [2.24, 2.45) is 0 Å². The summed E-state index contributed by atoms with van der Waals surface area (Å²) in [4.78, 5) is 0. The summed E-state index contributed by atoms with van der Waals surface area (Å²) >= 11 is 3.40. The third kappa shape index (κ3) is 3.74. The smallest absolute Gasteiger partial charge is 0.192 e. The van der Waals surface area contributed by atoms with E-state index in [2.05, 4.69) is 49.8 Å². The summed E-state index contributed by atoms with van der Waals surface area (Å²) in [7, 11) is -0.249. The van der Waals surface area contributed by atoms with Crippen molar-refractivity contribution in [1.82, 2.24) is 0 Å². The molecule has 19 heavy (non-hydrogen) atoms. The summed E-state index contributed by atoms with van der Waals surface area (Å²) in [6, 6.07) is 3.67. The molecule has 0 aliphatic carbocycles. The molecule has 0 aliphatic rings. The average molecular weight is 347 g/mol. The maximum Gasteiger partial charge on any atom is 0.192 e. The largest absolute Gasteiger partial charge is 0.503 e. The van der Waals surface area contributed by atoms with E-state index in [1.807, 2.05) is 6.07 Å². The van der Waals surface area contributed by atoms with E-state index in [1.165, 1.54) is 7.11 Å². The average Bonchev–Trinajstić information content (AvgIpc) is 2.29. The molecule has 3 nitrogen and oxygen atoms in total. The van der Waals surface area contributed by atoms with Gasteiger partial charge in [0.25, 0.3) is 0 Å². The van der Waals surface area contributed by atoms with Gasteiger partial charge < -0.3 is 14.3 Å². The molecule has 0 unspecified atom stereocenters. The van der Waals surface area contributed by atoms with Crippen molar-refractivity contribution < 1.29 is 14.3 Å². The molecule has 1 rings (SSSR count). The van der Waals surface area contributed by atoms with Gasteiger partial charge in [-0.3, -0.25) is 0 Å². The van der Waals surface area contributed by atoms with Gasteiger partial charge in [-0.15, -0.1) is 0 Å². The Bertz CT molecular complexity index is 453. The van der Waals surface area contributed by atoms with Crippen molar-refractivity contribution in [1.29, 1.82) is 0 Å². The van der Waals surface area contributed by atoms with Crippen molar-refractivity contribution in [3.63, 3.8) is 0 Å². The fourth-order valence-electron chi connectivity index (χ4n) is 1.34. The summed E-state index contributed by atoms with van der Waals surface area (Å²) in [5.41, 5.74) is 0.933. The van der Waals surface area contributed by atoms with E-state index in [9.17, 15) is 5.11 Å². The molecule has 108 valence electrons. The van der Waals surface area contributed by atoms with Crippen LogP contribution in [0, 0.1) is 0 Å². The second-order valence-electron chi connectivity index (χ2n) is 6.14. The highest BCUT2D eigenvalue weighted by Crippen LogP contribution is 2.40. The number of hydrogen-bond acceptors (Lipinski definition) is 3. The quantitative estimate of drug-likeness (QED) is 0.804. The Morgan fingerprint density at radius 1 is 1.26 bits per heavy atom. The number of phenolic OH excluding ortho intramolecular Hbond substituents is 1. The van der Waals surface area contributed by atoms with Crippen LogP contribution < -0.4 is 4.74 Å². The fourth-order valence-corrected chi connectivity index (χ4v) is 2.73. The van der Waals surface area contributed by atoms with Gasteiger partial charge in [0, 0.05) is 0 Å². The van der Waals surface area contributed by atoms with Gasteiger partial charge in [-0.25, -0.2) is 0 Å². The molecule has 0 fully saturated rings. The lowest BCUT2D eigenvalue weighted by Gasteiger charge is -2.36. The number of hydrogen-bond donors (Lipinski definition) is 1. The Morgan fingerprint density at radius 2 is 1.84 bits per heavy atom. The first kappa shape index (κ1) is 16.5. The van der Waals surface area contributed by atoms with E-state index >= 15 is 0 Å². The van der Waals surface area contributed by atoms with E-state index in [0.29, 0.717) is 16.8 Å². The van der Waals surface area contributed by atoms with Crippen LogP contribution in [-0.2, 0) is 11.0 Å². The molecule has 1 aromatic rings. The number of phenols is 1. The number of methoxy groups -OCH3 is 1. The minimum atomic E-state index is -1.78. The van der Waals surface area contributed by atoms with Gasteiger partial charge in [0.15, 0.2) is 19.8 Å². The molecule has 1 aromatic carbocycles. The lowest BCUT2D eigenvalue weighted by molar-refractivity contribution is 0.274. The molecule has 0 radical (unpaired) electrons. The lowest BCUT2D eigenvalue weighted by Crippen LogP contribution is -2.40. The molecule has 0 spiro atoms. The third-order valence-electron chi connectivity index (χ3n) is 3.77. The zero-order valence-corrected chi connectivity index (χ0v) is 15.1. The van der Waals surface area contributed by atoms with E-state index < -0.39 is 8.32 Å². The summed E-state index contributed by atoms with van der Waals surface area (Å²) in [6.45, 7) is 11.5. The first-order chi connectivity index (χ1) is 8.60. The third-order valence-corrected chi connectivity index (χ3v) is 9.14. The topological polar surface area (TPSA) is 38.7 Å². The van der Waals surface area contributed by atoms with Gasteiger partial charge in [0.2, 0.25) is 0 Å². The maximum absolute atomic E-state index is 9.95. The molecule has 5 heteroatoms. The zero-order chi connectivity index (χ0) is 14.8. The Hall–Kier alpha value is -0.523. The van der Waals surface area contributed by atoms with Gasteiger partial charge in [0.05, 0.1) is 18.2 Å². The number of halogens is 1. The Labute approximate surface area is 125 Å². The summed E-state index contributed by atoms with van der Waals surface area (Å²) in [6.07, 6.45) is 0. The van der Waals surface area contributed by atoms with Crippen LogP contribution >= 0.6 is 15.9 Å². The zero-order valence-electron chi connectivity index (χ0n) is 12.5. The highest BCUT2D eigenvalue weighted by Gasteiger charge is 2.37. The van der Waals surface area contributed by atoms with Crippen molar-refractivity contribution in [3.8, 4) is 11.5 Å². The monoisotopic (exact) mass is 346 g/mol. The SMILES string of the molecule is COc1ccc(CO[Si](C)(C)C(C)(C)C)c(Br)c1O. The van der Waals surface area contributed by atoms with Crippen molar-refractivity contribution in [2.45, 2.75) is 45.5 Å². The lowest BCUT2D eigenvalue weighted by atomic mass is 10.2. The van der Waals surface area contributed by atoms with Crippen LogP contribution in [0.3, 0.4) is 0 Å². The Balaban J connectivity index is 2.88. The first-order valence-corrected chi connectivity index (χ1v) is 9.98. The highest BCUT2D eigenvalue weighted by molar-refractivity contribution is 9.10. The summed E-state index contributed by atoms with van der Waals surface area (Å²) in [5.74, 6) is 0.585. The van der Waals surface area contributed by atoms with Crippen molar-refractivity contribution in [3.05, 3.63) is 22.2 Å². The minimum Gasteiger partial charge on any atom is -0.503 e. The molecule has 0 aromatic heterocycles. The number of benzene rings is 1. The first-order valence-electron chi connectivity index (χ1n) is 6.28. The van der Waals surface area contributed by atoms with Crippen molar-refractivity contribution in [2.75, 3.05) is 7.11 Å². The van der Waals surface area contributed by atoms with Gasteiger partial charge in [-0.2, -0.15) is 0 Å². The van der Waals surface area contributed by atoms with Crippen LogP contribution in [0.1, 0.15) is 26.3 Å². The minimum absolute atomic E-state index is 0.124. The molecular weight excluding hydrogens is 324 g/mol. The molecule has 0 saturated carbocycles.